The summed E-state index contributed by atoms with van der Waals surface area (Å²) in [5.74, 6) is -0.525. The fourth-order valence-electron chi connectivity index (χ4n) is 5.28. The number of fused-ring (bicyclic) bond motifs is 2. The quantitative estimate of drug-likeness (QED) is 0.159. The molecule has 2 aromatic carbocycles. The van der Waals surface area contributed by atoms with Gasteiger partial charge >= 0.3 is 0 Å². The van der Waals surface area contributed by atoms with Gasteiger partial charge in [0.15, 0.2) is 0 Å². The van der Waals surface area contributed by atoms with Crippen LogP contribution in [0, 0.1) is 13.8 Å². The van der Waals surface area contributed by atoms with Crippen molar-refractivity contribution in [3.05, 3.63) is 100 Å². The Kier molecular flexibility index (Phi) is 6.57. The normalized spacial score (nSPS) is 15.4. The van der Waals surface area contributed by atoms with Gasteiger partial charge in [-0.2, -0.15) is 0 Å². The van der Waals surface area contributed by atoms with Gasteiger partial charge in [0.05, 0.1) is 0 Å². The van der Waals surface area contributed by atoms with Crippen LogP contribution < -0.4 is 5.48 Å². The number of nitrogens with zero attached hydrogens (tertiary/aromatic N) is 1. The third-order valence-electron chi connectivity index (χ3n) is 7.21. The number of hydrogen-bond acceptors (Lipinski definition) is 3. The lowest BCUT2D eigenvalue weighted by Crippen LogP contribution is -2.29. The minimum atomic E-state index is -0.525. The molecule has 6 nitrogen and oxygen atoms in total. The van der Waals surface area contributed by atoms with Gasteiger partial charge in [-0.15, -0.1) is 0 Å². The molecule has 0 saturated heterocycles. The highest BCUT2D eigenvalue weighted by atomic mass is 16.5. The Morgan fingerprint density at radius 2 is 2.06 bits per heavy atom. The molecule has 0 spiro atoms. The van der Waals surface area contributed by atoms with Gasteiger partial charge in [-0.3, -0.25) is 14.9 Å². The second-order valence-electron chi connectivity index (χ2n) is 9.54. The van der Waals surface area contributed by atoms with E-state index in [4.69, 9.17) is 5.21 Å². The average molecular weight is 469 g/mol. The molecule has 0 radical (unpaired) electrons. The summed E-state index contributed by atoms with van der Waals surface area (Å²) in [5.41, 5.74) is 11.7. The summed E-state index contributed by atoms with van der Waals surface area (Å²) in [4.78, 5) is 20.8. The van der Waals surface area contributed by atoms with Crippen LogP contribution in [0.15, 0.2) is 60.9 Å². The molecule has 2 heterocycles. The fraction of sp³-hybridized carbons (Fsp3) is 0.276. The Bertz CT molecular complexity index is 1380. The smallest absolute Gasteiger partial charge is 0.267 e. The molecular weight excluding hydrogens is 436 g/mol. The maximum absolute atomic E-state index is 11.3. The van der Waals surface area contributed by atoms with Crippen LogP contribution in [0.3, 0.4) is 0 Å². The predicted octanol–water partition coefficient (Wildman–Crippen LogP) is 5.36. The van der Waals surface area contributed by atoms with Crippen molar-refractivity contribution in [2.75, 3.05) is 6.54 Å². The first-order chi connectivity index (χ1) is 17.0. The van der Waals surface area contributed by atoms with E-state index in [9.17, 15) is 4.79 Å². The van der Waals surface area contributed by atoms with E-state index in [-0.39, 0.29) is 0 Å². The van der Waals surface area contributed by atoms with Gasteiger partial charge in [-0.1, -0.05) is 30.3 Å². The number of aryl methyl sites for hydroxylation is 3. The second-order valence-corrected chi connectivity index (χ2v) is 9.54. The van der Waals surface area contributed by atoms with Crippen molar-refractivity contribution in [2.24, 2.45) is 0 Å². The second kappa shape index (κ2) is 9.94. The number of aromatic amines is 2. The third kappa shape index (κ3) is 4.94. The fourth-order valence-corrected chi connectivity index (χ4v) is 5.28. The van der Waals surface area contributed by atoms with Crippen LogP contribution in [0.1, 0.15) is 51.5 Å². The van der Waals surface area contributed by atoms with Crippen LogP contribution in [-0.2, 0) is 24.2 Å². The number of carbonyl (C=O) groups is 1. The molecule has 0 fully saturated rings. The molecule has 1 aliphatic carbocycles. The van der Waals surface area contributed by atoms with Gasteiger partial charge in [0.25, 0.3) is 5.91 Å². The van der Waals surface area contributed by atoms with E-state index in [0.29, 0.717) is 6.04 Å². The molecule has 4 aromatic rings. The zero-order valence-electron chi connectivity index (χ0n) is 20.3. The van der Waals surface area contributed by atoms with Crippen LogP contribution in [0.4, 0.5) is 0 Å². The van der Waals surface area contributed by atoms with Gasteiger partial charge in [0, 0.05) is 54.2 Å². The molecule has 0 saturated carbocycles. The summed E-state index contributed by atoms with van der Waals surface area (Å²) in [6.07, 6.45) is 10.3. The van der Waals surface area contributed by atoms with E-state index in [1.807, 2.05) is 6.20 Å². The molecular formula is C29H32N4O2. The van der Waals surface area contributed by atoms with Gasteiger partial charge in [-0.25, -0.2) is 5.48 Å². The van der Waals surface area contributed by atoms with Gasteiger partial charge in [0.2, 0.25) is 0 Å². The first-order valence-electron chi connectivity index (χ1n) is 12.2. The van der Waals surface area contributed by atoms with Crippen LogP contribution in [-0.4, -0.2) is 32.5 Å². The number of benzene rings is 2. The highest BCUT2D eigenvalue weighted by Gasteiger charge is 2.28. The number of H-pyrrole nitrogens is 2. The molecule has 180 valence electrons. The van der Waals surface area contributed by atoms with Crippen molar-refractivity contribution in [1.82, 2.24) is 20.3 Å². The zero-order chi connectivity index (χ0) is 24.4. The maximum Gasteiger partial charge on any atom is 0.267 e. The molecule has 35 heavy (non-hydrogen) atoms. The van der Waals surface area contributed by atoms with Crippen molar-refractivity contribution in [1.29, 1.82) is 0 Å². The van der Waals surface area contributed by atoms with Crippen molar-refractivity contribution in [3.8, 4) is 0 Å². The predicted molar refractivity (Wildman–Crippen MR) is 139 cm³/mol. The van der Waals surface area contributed by atoms with E-state index in [2.05, 4.69) is 77.4 Å². The molecule has 1 atom stereocenters. The SMILES string of the molecule is Cc1ccc2c(CCN(Cc3[nH]ccc3C)C3CCc4cc(C=CC(=O)NO)ccc43)c[nH]c2c1. The van der Waals surface area contributed by atoms with E-state index in [1.165, 1.54) is 50.5 Å². The minimum Gasteiger partial charge on any atom is -0.364 e. The Labute approximate surface area is 205 Å². The van der Waals surface area contributed by atoms with E-state index >= 15 is 0 Å². The van der Waals surface area contributed by atoms with Crippen molar-refractivity contribution < 1.29 is 10.0 Å². The summed E-state index contributed by atoms with van der Waals surface area (Å²) in [5, 5.41) is 10.0. The molecule has 0 aliphatic heterocycles. The van der Waals surface area contributed by atoms with Crippen LogP contribution in [0.5, 0.6) is 0 Å². The van der Waals surface area contributed by atoms with Gasteiger partial charge in [0.1, 0.15) is 0 Å². The van der Waals surface area contributed by atoms with Crippen molar-refractivity contribution >= 4 is 22.9 Å². The number of hydrogen-bond donors (Lipinski definition) is 4. The van der Waals surface area contributed by atoms with E-state index < -0.39 is 5.91 Å². The van der Waals surface area contributed by atoms with E-state index in [0.717, 1.165) is 37.9 Å². The lowest BCUT2D eigenvalue weighted by atomic mass is 10.0. The number of carbonyl (C=O) groups excluding carboxylic acids is 1. The minimum absolute atomic E-state index is 0.346. The molecule has 6 heteroatoms. The summed E-state index contributed by atoms with van der Waals surface area (Å²) >= 11 is 0. The third-order valence-corrected chi connectivity index (χ3v) is 7.21. The van der Waals surface area contributed by atoms with Crippen molar-refractivity contribution in [3.63, 3.8) is 0 Å². The molecule has 0 bridgehead atoms. The topological polar surface area (TPSA) is 84.2 Å². The van der Waals surface area contributed by atoms with Gasteiger partial charge < -0.3 is 9.97 Å². The first kappa shape index (κ1) is 23.1. The monoisotopic (exact) mass is 468 g/mol. The lowest BCUT2D eigenvalue weighted by Gasteiger charge is -2.30. The molecule has 4 N–H and O–H groups in total. The average Bonchev–Trinajstić information content (AvgIpc) is 3.58. The standard InChI is InChI=1S/C29H32N4O2/c1-19-3-7-24-23(17-31-26(24)15-19)12-14-33(18-27-20(2)11-13-30-27)28-9-6-22-16-21(4-8-25(22)28)5-10-29(34)32-35/h3-5,7-8,10-11,13,15-17,28,30-31,35H,6,9,12,14,18H2,1-2H3,(H,32,34). The highest BCUT2D eigenvalue weighted by molar-refractivity contribution is 5.90. The number of hydroxylamine groups is 1. The lowest BCUT2D eigenvalue weighted by molar-refractivity contribution is -0.124. The Balaban J connectivity index is 1.39. The molecule has 1 unspecified atom stereocenters. The summed E-state index contributed by atoms with van der Waals surface area (Å²) in [6, 6.07) is 15.5. The summed E-state index contributed by atoms with van der Waals surface area (Å²) in [6.45, 7) is 6.13. The molecule has 1 aliphatic rings. The van der Waals surface area contributed by atoms with Crippen molar-refractivity contribution in [2.45, 2.75) is 45.7 Å². The largest absolute Gasteiger partial charge is 0.364 e. The van der Waals surface area contributed by atoms with Crippen LogP contribution in [0.2, 0.25) is 0 Å². The summed E-state index contributed by atoms with van der Waals surface area (Å²) in [7, 11) is 0. The number of nitrogens with one attached hydrogen (secondary N) is 3. The Hall–Kier alpha value is -3.61. The first-order valence-corrected chi connectivity index (χ1v) is 12.2. The van der Waals surface area contributed by atoms with Crippen LogP contribution in [0.25, 0.3) is 17.0 Å². The number of amides is 1. The molecule has 5 rings (SSSR count). The van der Waals surface area contributed by atoms with Crippen LogP contribution >= 0.6 is 0 Å². The number of aromatic nitrogens is 2. The number of rotatable bonds is 8. The Morgan fingerprint density at radius 3 is 2.86 bits per heavy atom. The zero-order valence-corrected chi connectivity index (χ0v) is 20.3. The Morgan fingerprint density at radius 1 is 1.17 bits per heavy atom. The summed E-state index contributed by atoms with van der Waals surface area (Å²) < 4.78 is 0. The van der Waals surface area contributed by atoms with E-state index in [1.54, 1.807) is 11.6 Å². The van der Waals surface area contributed by atoms with Gasteiger partial charge in [-0.05, 0) is 84.7 Å². The molecule has 2 aromatic heterocycles. The molecule has 1 amide bonds. The highest BCUT2D eigenvalue weighted by Crippen LogP contribution is 2.37. The maximum atomic E-state index is 11.3.